The molecule has 0 radical (unpaired) electrons. The SMILES string of the molecule is CCn1nnnc1SCC(=O)Nc1nc(-c2ccc(F)cc2)cs1. The lowest BCUT2D eigenvalue weighted by Gasteiger charge is -2.02. The second-order valence-corrected chi connectivity index (χ2v) is 6.46. The Morgan fingerprint density at radius 3 is 2.92 bits per heavy atom. The number of thiazole rings is 1. The normalized spacial score (nSPS) is 10.8. The van der Waals surface area contributed by atoms with Crippen LogP contribution in [0.5, 0.6) is 0 Å². The third-order valence-corrected chi connectivity index (χ3v) is 4.74. The first-order valence-electron chi connectivity index (χ1n) is 7.06. The van der Waals surface area contributed by atoms with Gasteiger partial charge in [0.1, 0.15) is 5.82 Å². The van der Waals surface area contributed by atoms with Crippen molar-refractivity contribution in [3.05, 3.63) is 35.5 Å². The average Bonchev–Trinajstić information content (AvgIpc) is 3.22. The Bertz CT molecular complexity index is 832. The molecular weight excluding hydrogens is 351 g/mol. The van der Waals surface area contributed by atoms with Crippen molar-refractivity contribution in [2.75, 3.05) is 11.1 Å². The number of halogens is 1. The quantitative estimate of drug-likeness (QED) is 0.677. The molecule has 124 valence electrons. The van der Waals surface area contributed by atoms with Crippen molar-refractivity contribution in [3.63, 3.8) is 0 Å². The van der Waals surface area contributed by atoms with E-state index in [9.17, 15) is 9.18 Å². The third-order valence-electron chi connectivity index (χ3n) is 3.02. The number of amides is 1. The Balaban J connectivity index is 1.58. The van der Waals surface area contributed by atoms with Crippen LogP contribution in [0.1, 0.15) is 6.92 Å². The predicted molar refractivity (Wildman–Crippen MR) is 90.4 cm³/mol. The van der Waals surface area contributed by atoms with E-state index in [0.29, 0.717) is 22.5 Å². The van der Waals surface area contributed by atoms with Crippen LogP contribution in [0.3, 0.4) is 0 Å². The Hall–Kier alpha value is -2.33. The van der Waals surface area contributed by atoms with Gasteiger partial charge >= 0.3 is 0 Å². The highest BCUT2D eigenvalue weighted by Crippen LogP contribution is 2.25. The number of aryl methyl sites for hydroxylation is 1. The van der Waals surface area contributed by atoms with E-state index < -0.39 is 0 Å². The molecule has 0 aliphatic carbocycles. The molecule has 2 heterocycles. The molecule has 3 rings (SSSR count). The van der Waals surface area contributed by atoms with Crippen molar-refractivity contribution >= 4 is 34.1 Å². The Morgan fingerprint density at radius 1 is 1.38 bits per heavy atom. The number of carbonyl (C=O) groups excluding carboxylic acids is 1. The van der Waals surface area contributed by atoms with Crippen LogP contribution in [0.25, 0.3) is 11.3 Å². The van der Waals surface area contributed by atoms with Gasteiger partial charge < -0.3 is 5.32 Å². The first-order valence-corrected chi connectivity index (χ1v) is 8.92. The van der Waals surface area contributed by atoms with Gasteiger partial charge in [0.25, 0.3) is 0 Å². The number of nitrogens with zero attached hydrogens (tertiary/aromatic N) is 5. The second-order valence-electron chi connectivity index (χ2n) is 4.66. The van der Waals surface area contributed by atoms with Gasteiger partial charge in [0.2, 0.25) is 11.1 Å². The molecule has 1 amide bonds. The summed E-state index contributed by atoms with van der Waals surface area (Å²) in [7, 11) is 0. The van der Waals surface area contributed by atoms with E-state index in [4.69, 9.17) is 0 Å². The highest BCUT2D eigenvalue weighted by atomic mass is 32.2. The summed E-state index contributed by atoms with van der Waals surface area (Å²) < 4.78 is 14.6. The standard InChI is InChI=1S/C14H13FN6OS2/c1-2-21-14(18-19-20-21)24-8-12(22)17-13-16-11(7-23-13)9-3-5-10(15)6-4-9/h3-7H,2,8H2,1H3,(H,16,17,22). The molecule has 24 heavy (non-hydrogen) atoms. The summed E-state index contributed by atoms with van der Waals surface area (Å²) in [6, 6.07) is 6.05. The summed E-state index contributed by atoms with van der Waals surface area (Å²) in [5, 5.41) is 16.9. The number of carbonyl (C=O) groups is 1. The van der Waals surface area contributed by atoms with Gasteiger partial charge in [-0.25, -0.2) is 14.1 Å². The molecule has 0 bridgehead atoms. The number of benzene rings is 1. The monoisotopic (exact) mass is 364 g/mol. The summed E-state index contributed by atoms with van der Waals surface area (Å²) in [6.07, 6.45) is 0. The molecule has 0 spiro atoms. The molecule has 0 saturated heterocycles. The van der Waals surface area contributed by atoms with Crippen LogP contribution >= 0.6 is 23.1 Å². The molecule has 0 fully saturated rings. The van der Waals surface area contributed by atoms with Crippen LogP contribution in [-0.2, 0) is 11.3 Å². The molecular formula is C14H13FN6OS2. The highest BCUT2D eigenvalue weighted by molar-refractivity contribution is 7.99. The summed E-state index contributed by atoms with van der Waals surface area (Å²) >= 11 is 2.58. The fourth-order valence-corrected chi connectivity index (χ4v) is 3.35. The van der Waals surface area contributed by atoms with Crippen LogP contribution in [0.15, 0.2) is 34.8 Å². The van der Waals surface area contributed by atoms with Crippen LogP contribution in [0, 0.1) is 5.82 Å². The van der Waals surface area contributed by atoms with Crippen molar-refractivity contribution < 1.29 is 9.18 Å². The van der Waals surface area contributed by atoms with Gasteiger partial charge in [0, 0.05) is 17.5 Å². The Kier molecular flexibility index (Phi) is 5.16. The molecule has 10 heteroatoms. The van der Waals surface area contributed by atoms with Crippen molar-refractivity contribution in [2.45, 2.75) is 18.6 Å². The maximum absolute atomic E-state index is 12.9. The molecule has 0 aliphatic heterocycles. The lowest BCUT2D eigenvalue weighted by molar-refractivity contribution is -0.113. The number of hydrogen-bond donors (Lipinski definition) is 1. The molecule has 0 saturated carbocycles. The predicted octanol–water partition coefficient (Wildman–Crippen LogP) is 2.69. The minimum absolute atomic E-state index is 0.186. The van der Waals surface area contributed by atoms with E-state index in [1.807, 2.05) is 12.3 Å². The number of thioether (sulfide) groups is 1. The zero-order valence-corrected chi connectivity index (χ0v) is 14.3. The molecule has 0 unspecified atom stereocenters. The summed E-state index contributed by atoms with van der Waals surface area (Å²) in [6.45, 7) is 2.57. The maximum atomic E-state index is 12.9. The number of anilines is 1. The molecule has 7 nitrogen and oxygen atoms in total. The smallest absolute Gasteiger partial charge is 0.236 e. The van der Waals surface area contributed by atoms with Crippen LogP contribution < -0.4 is 5.32 Å². The third kappa shape index (κ3) is 3.95. The van der Waals surface area contributed by atoms with E-state index >= 15 is 0 Å². The zero-order chi connectivity index (χ0) is 16.9. The number of aromatic nitrogens is 5. The molecule has 3 aromatic rings. The lowest BCUT2D eigenvalue weighted by atomic mass is 10.2. The Morgan fingerprint density at radius 2 is 2.17 bits per heavy atom. The first-order chi connectivity index (χ1) is 11.7. The van der Waals surface area contributed by atoms with Gasteiger partial charge in [-0.2, -0.15) is 0 Å². The molecule has 0 atom stereocenters. The fourth-order valence-electron chi connectivity index (χ4n) is 1.87. The molecule has 1 aromatic carbocycles. The minimum Gasteiger partial charge on any atom is -0.301 e. The summed E-state index contributed by atoms with van der Waals surface area (Å²) in [4.78, 5) is 16.3. The van der Waals surface area contributed by atoms with Gasteiger partial charge in [-0.3, -0.25) is 4.79 Å². The van der Waals surface area contributed by atoms with E-state index in [-0.39, 0.29) is 17.5 Å². The number of rotatable bonds is 6. The lowest BCUT2D eigenvalue weighted by Crippen LogP contribution is -2.14. The van der Waals surface area contributed by atoms with Gasteiger partial charge in [0.15, 0.2) is 5.13 Å². The fraction of sp³-hybridized carbons (Fsp3) is 0.214. The van der Waals surface area contributed by atoms with E-state index in [1.165, 1.54) is 35.2 Å². The van der Waals surface area contributed by atoms with Gasteiger partial charge in [0.05, 0.1) is 11.4 Å². The number of hydrogen-bond acceptors (Lipinski definition) is 7. The van der Waals surface area contributed by atoms with Crippen molar-refractivity contribution in [1.82, 2.24) is 25.2 Å². The first kappa shape index (κ1) is 16.5. The zero-order valence-electron chi connectivity index (χ0n) is 12.6. The van der Waals surface area contributed by atoms with Gasteiger partial charge in [-0.15, -0.1) is 16.4 Å². The average molecular weight is 364 g/mol. The summed E-state index contributed by atoms with van der Waals surface area (Å²) in [5.74, 6) is -0.300. The second kappa shape index (κ2) is 7.49. The van der Waals surface area contributed by atoms with E-state index in [1.54, 1.807) is 16.8 Å². The van der Waals surface area contributed by atoms with Gasteiger partial charge in [-0.1, -0.05) is 11.8 Å². The van der Waals surface area contributed by atoms with E-state index in [2.05, 4.69) is 25.8 Å². The topological polar surface area (TPSA) is 85.6 Å². The van der Waals surface area contributed by atoms with Crippen molar-refractivity contribution in [2.24, 2.45) is 0 Å². The van der Waals surface area contributed by atoms with Crippen LogP contribution in [0.2, 0.25) is 0 Å². The van der Waals surface area contributed by atoms with Crippen LogP contribution in [-0.4, -0.2) is 36.9 Å². The van der Waals surface area contributed by atoms with Crippen molar-refractivity contribution in [1.29, 1.82) is 0 Å². The Labute approximate surface area is 145 Å². The summed E-state index contributed by atoms with van der Waals surface area (Å²) in [5.41, 5.74) is 1.49. The molecule has 0 aliphatic rings. The number of nitrogens with one attached hydrogen (secondary N) is 1. The highest BCUT2D eigenvalue weighted by Gasteiger charge is 2.11. The largest absolute Gasteiger partial charge is 0.301 e. The van der Waals surface area contributed by atoms with Crippen LogP contribution in [0.4, 0.5) is 9.52 Å². The van der Waals surface area contributed by atoms with Crippen molar-refractivity contribution in [3.8, 4) is 11.3 Å². The molecule has 2 aromatic heterocycles. The minimum atomic E-state index is -0.297. The van der Waals surface area contributed by atoms with Gasteiger partial charge in [-0.05, 0) is 41.6 Å². The van der Waals surface area contributed by atoms with E-state index in [0.717, 1.165) is 5.56 Å². The maximum Gasteiger partial charge on any atom is 0.236 e. The molecule has 1 N–H and O–H groups in total. The number of tetrazole rings is 1.